The van der Waals surface area contributed by atoms with E-state index in [4.69, 9.17) is 9.15 Å². The molecule has 0 atom stereocenters. The topological polar surface area (TPSA) is 60.2 Å². The van der Waals surface area contributed by atoms with Crippen LogP contribution in [0.3, 0.4) is 0 Å². The van der Waals surface area contributed by atoms with E-state index in [1.165, 1.54) is 0 Å². The third kappa shape index (κ3) is 3.28. The second-order valence-electron chi connectivity index (χ2n) is 3.92. The maximum Gasteiger partial charge on any atom is 0.247 e. The van der Waals surface area contributed by atoms with Gasteiger partial charge >= 0.3 is 0 Å². The van der Waals surface area contributed by atoms with Gasteiger partial charge in [-0.3, -0.25) is 0 Å². The summed E-state index contributed by atoms with van der Waals surface area (Å²) in [5.74, 6) is 1.20. The number of hydrogen-bond acceptors (Lipinski definition) is 5. The maximum absolute atomic E-state index is 5.51. The van der Waals surface area contributed by atoms with E-state index in [-0.39, 0.29) is 0 Å². The van der Waals surface area contributed by atoms with Gasteiger partial charge in [0.25, 0.3) is 0 Å². The van der Waals surface area contributed by atoms with Gasteiger partial charge in [0.05, 0.1) is 0 Å². The Morgan fingerprint density at radius 1 is 1.40 bits per heavy atom. The van der Waals surface area contributed by atoms with Crippen LogP contribution in [0.2, 0.25) is 0 Å². The van der Waals surface area contributed by atoms with E-state index in [0.717, 1.165) is 19.4 Å². The van der Waals surface area contributed by atoms with Crippen LogP contribution in [0.5, 0.6) is 0 Å². The molecular weight excluding hydrogens is 194 g/mol. The van der Waals surface area contributed by atoms with Gasteiger partial charge in [-0.15, -0.1) is 10.2 Å². The maximum atomic E-state index is 5.51. The molecule has 86 valence electrons. The fraction of sp³-hybridized carbons (Fsp3) is 0.800. The second-order valence-corrected chi connectivity index (χ2v) is 3.92. The van der Waals surface area contributed by atoms with Gasteiger partial charge in [-0.2, -0.15) is 0 Å². The first-order valence-electron chi connectivity index (χ1n) is 5.12. The lowest BCUT2D eigenvalue weighted by molar-refractivity contribution is -0.00453. The van der Waals surface area contributed by atoms with Crippen molar-refractivity contribution in [2.75, 3.05) is 20.7 Å². The molecule has 0 aromatic carbocycles. The molecule has 0 radical (unpaired) electrons. The van der Waals surface area contributed by atoms with Crippen LogP contribution in [0.1, 0.15) is 32.0 Å². The van der Waals surface area contributed by atoms with Crippen molar-refractivity contribution in [2.24, 2.45) is 0 Å². The van der Waals surface area contributed by atoms with Crippen LogP contribution < -0.4 is 5.32 Å². The van der Waals surface area contributed by atoms with Crippen LogP contribution in [-0.2, 0) is 16.8 Å². The summed E-state index contributed by atoms with van der Waals surface area (Å²) in [7, 11) is 3.55. The van der Waals surface area contributed by atoms with Gasteiger partial charge < -0.3 is 14.5 Å². The zero-order valence-electron chi connectivity index (χ0n) is 9.83. The van der Waals surface area contributed by atoms with Gasteiger partial charge in [0.1, 0.15) is 5.60 Å². The Balaban J connectivity index is 2.56. The van der Waals surface area contributed by atoms with E-state index in [1.54, 1.807) is 7.11 Å². The number of hydrogen-bond donors (Lipinski definition) is 1. The third-order valence-corrected chi connectivity index (χ3v) is 2.31. The quantitative estimate of drug-likeness (QED) is 0.717. The molecule has 1 aromatic rings. The Kier molecular flexibility index (Phi) is 4.23. The summed E-state index contributed by atoms with van der Waals surface area (Å²) in [5, 5.41) is 11.0. The van der Waals surface area contributed by atoms with Gasteiger partial charge in [-0.1, -0.05) is 0 Å². The summed E-state index contributed by atoms with van der Waals surface area (Å²) in [5.41, 5.74) is -0.506. The number of methoxy groups -OCH3 is 1. The molecule has 0 saturated heterocycles. The number of nitrogens with zero attached hydrogens (tertiary/aromatic N) is 2. The normalized spacial score (nSPS) is 12.0. The molecule has 0 amide bonds. The Bertz CT molecular complexity index is 297. The SMILES string of the molecule is CNCCCc1nnc(C(C)(C)OC)o1. The largest absolute Gasteiger partial charge is 0.422 e. The minimum Gasteiger partial charge on any atom is -0.422 e. The van der Waals surface area contributed by atoms with E-state index in [1.807, 2.05) is 20.9 Å². The van der Waals surface area contributed by atoms with Gasteiger partial charge in [0.15, 0.2) is 0 Å². The molecule has 0 bridgehead atoms. The highest BCUT2D eigenvalue weighted by Crippen LogP contribution is 2.22. The van der Waals surface area contributed by atoms with Crippen molar-refractivity contribution < 1.29 is 9.15 Å². The summed E-state index contributed by atoms with van der Waals surface area (Å²) in [6.45, 7) is 4.75. The highest BCUT2D eigenvalue weighted by Gasteiger charge is 2.26. The summed E-state index contributed by atoms with van der Waals surface area (Å²) >= 11 is 0. The standard InChI is InChI=1S/C10H19N3O2/c1-10(2,14-4)9-13-12-8(15-9)6-5-7-11-3/h11H,5-7H2,1-4H3. The van der Waals surface area contributed by atoms with Gasteiger partial charge in [0, 0.05) is 13.5 Å². The van der Waals surface area contributed by atoms with E-state index < -0.39 is 5.60 Å². The van der Waals surface area contributed by atoms with Crippen LogP contribution in [-0.4, -0.2) is 30.9 Å². The molecule has 15 heavy (non-hydrogen) atoms. The van der Waals surface area contributed by atoms with Crippen LogP contribution in [0.4, 0.5) is 0 Å². The number of aromatic nitrogens is 2. The lowest BCUT2D eigenvalue weighted by atomic mass is 10.1. The van der Waals surface area contributed by atoms with Gasteiger partial charge in [0.2, 0.25) is 11.8 Å². The Morgan fingerprint density at radius 3 is 2.73 bits per heavy atom. The molecule has 0 spiro atoms. The highest BCUT2D eigenvalue weighted by molar-refractivity contribution is 4.93. The summed E-state index contributed by atoms with van der Waals surface area (Å²) < 4.78 is 10.8. The van der Waals surface area contributed by atoms with E-state index >= 15 is 0 Å². The first-order valence-corrected chi connectivity index (χ1v) is 5.12. The fourth-order valence-corrected chi connectivity index (χ4v) is 1.10. The number of ether oxygens (including phenoxy) is 1. The molecule has 5 heteroatoms. The zero-order valence-corrected chi connectivity index (χ0v) is 9.83. The molecule has 0 unspecified atom stereocenters. The average Bonchev–Trinajstić information content (AvgIpc) is 2.68. The van der Waals surface area contributed by atoms with Crippen molar-refractivity contribution in [3.05, 3.63) is 11.8 Å². The monoisotopic (exact) mass is 213 g/mol. The van der Waals surface area contributed by atoms with Crippen molar-refractivity contribution >= 4 is 0 Å². The minimum absolute atomic E-state index is 0.506. The van der Waals surface area contributed by atoms with Crippen LogP contribution in [0.25, 0.3) is 0 Å². The average molecular weight is 213 g/mol. The molecule has 0 aliphatic heterocycles. The van der Waals surface area contributed by atoms with E-state index in [0.29, 0.717) is 11.8 Å². The predicted molar refractivity (Wildman–Crippen MR) is 56.6 cm³/mol. The second kappa shape index (κ2) is 5.23. The predicted octanol–water partition coefficient (Wildman–Crippen LogP) is 1.10. The zero-order chi connectivity index (χ0) is 11.3. The number of aryl methyl sites for hydroxylation is 1. The van der Waals surface area contributed by atoms with Crippen LogP contribution in [0.15, 0.2) is 4.42 Å². The molecule has 1 rings (SSSR count). The summed E-state index contributed by atoms with van der Waals surface area (Å²) in [4.78, 5) is 0. The third-order valence-electron chi connectivity index (χ3n) is 2.31. The van der Waals surface area contributed by atoms with Gasteiger partial charge in [-0.05, 0) is 33.9 Å². The molecule has 0 aliphatic rings. The molecular formula is C10H19N3O2. The molecule has 0 saturated carbocycles. The molecule has 0 aliphatic carbocycles. The Morgan fingerprint density at radius 2 is 2.13 bits per heavy atom. The smallest absolute Gasteiger partial charge is 0.247 e. The van der Waals surface area contributed by atoms with Gasteiger partial charge in [-0.25, -0.2) is 0 Å². The number of rotatable bonds is 6. The van der Waals surface area contributed by atoms with Crippen molar-refractivity contribution in [3.63, 3.8) is 0 Å². The van der Waals surface area contributed by atoms with Crippen LogP contribution >= 0.6 is 0 Å². The molecule has 5 nitrogen and oxygen atoms in total. The van der Waals surface area contributed by atoms with E-state index in [2.05, 4.69) is 15.5 Å². The Hall–Kier alpha value is -0.940. The fourth-order valence-electron chi connectivity index (χ4n) is 1.10. The van der Waals surface area contributed by atoms with Crippen LogP contribution in [0, 0.1) is 0 Å². The lowest BCUT2D eigenvalue weighted by Gasteiger charge is -2.17. The highest BCUT2D eigenvalue weighted by atomic mass is 16.5. The molecule has 1 heterocycles. The summed E-state index contributed by atoms with van der Waals surface area (Å²) in [6, 6.07) is 0. The molecule has 1 aromatic heterocycles. The first-order chi connectivity index (χ1) is 7.10. The number of nitrogens with one attached hydrogen (secondary N) is 1. The molecule has 1 N–H and O–H groups in total. The van der Waals surface area contributed by atoms with Crippen molar-refractivity contribution in [2.45, 2.75) is 32.3 Å². The lowest BCUT2D eigenvalue weighted by Crippen LogP contribution is -2.19. The van der Waals surface area contributed by atoms with Crippen molar-refractivity contribution in [1.82, 2.24) is 15.5 Å². The van der Waals surface area contributed by atoms with Crippen molar-refractivity contribution in [1.29, 1.82) is 0 Å². The first kappa shape index (κ1) is 12.1. The summed E-state index contributed by atoms with van der Waals surface area (Å²) in [6.07, 6.45) is 1.79. The Labute approximate surface area is 90.2 Å². The molecule has 0 fully saturated rings. The minimum atomic E-state index is -0.506. The van der Waals surface area contributed by atoms with Crippen molar-refractivity contribution in [3.8, 4) is 0 Å². The van der Waals surface area contributed by atoms with E-state index in [9.17, 15) is 0 Å².